The van der Waals surface area contributed by atoms with Crippen molar-refractivity contribution in [1.29, 1.82) is 0 Å². The van der Waals surface area contributed by atoms with Crippen LogP contribution in [0.5, 0.6) is 0 Å². The molecule has 3 heterocycles. The average molecular weight is 246 g/mol. The Morgan fingerprint density at radius 1 is 1.50 bits per heavy atom. The van der Waals surface area contributed by atoms with E-state index in [2.05, 4.69) is 21.8 Å². The fourth-order valence-electron chi connectivity index (χ4n) is 2.64. The lowest BCUT2D eigenvalue weighted by atomic mass is 10.0. The minimum Gasteiger partial charge on any atom is -0.379 e. The first-order chi connectivity index (χ1) is 8.81. The fourth-order valence-corrected chi connectivity index (χ4v) is 2.64. The summed E-state index contributed by atoms with van der Waals surface area (Å²) in [6.07, 6.45) is 1.81. The van der Waals surface area contributed by atoms with Crippen molar-refractivity contribution in [2.75, 3.05) is 19.8 Å². The number of likely N-dealkylation sites (N-methyl/N-ethyl adjacent to an activating group) is 1. The molecule has 0 amide bonds. The maximum atomic E-state index is 5.59. The molecule has 0 bridgehead atoms. The van der Waals surface area contributed by atoms with Crippen LogP contribution in [0.1, 0.15) is 18.7 Å². The van der Waals surface area contributed by atoms with Crippen molar-refractivity contribution < 1.29 is 4.74 Å². The Balaban J connectivity index is 2.00. The van der Waals surface area contributed by atoms with Gasteiger partial charge in [-0.25, -0.2) is 9.97 Å². The number of aryl methyl sites for hydroxylation is 1. The van der Waals surface area contributed by atoms with Gasteiger partial charge in [0, 0.05) is 19.3 Å². The highest BCUT2D eigenvalue weighted by molar-refractivity contribution is 5.71. The summed E-state index contributed by atoms with van der Waals surface area (Å²) in [5.74, 6) is 1.37. The molecule has 2 unspecified atom stereocenters. The standard InChI is InChI=1S/C13H18N4O/c1-3-14-11-8-18-7-9(11)12-16-10-5-4-6-15-13(10)17(12)2/h4-6,9,11,14H,3,7-8H2,1-2H3. The van der Waals surface area contributed by atoms with E-state index in [1.54, 1.807) is 6.20 Å². The molecule has 1 saturated heterocycles. The number of hydrogen-bond acceptors (Lipinski definition) is 4. The van der Waals surface area contributed by atoms with Gasteiger partial charge in [-0.15, -0.1) is 0 Å². The van der Waals surface area contributed by atoms with Gasteiger partial charge in [-0.2, -0.15) is 0 Å². The number of ether oxygens (including phenoxy) is 1. The SMILES string of the molecule is CCNC1COCC1c1nc2cccnc2n1C. The topological polar surface area (TPSA) is 52.0 Å². The van der Waals surface area contributed by atoms with E-state index in [0.717, 1.165) is 36.7 Å². The van der Waals surface area contributed by atoms with Crippen LogP contribution in [0.15, 0.2) is 18.3 Å². The van der Waals surface area contributed by atoms with Gasteiger partial charge in [0.15, 0.2) is 5.65 Å². The van der Waals surface area contributed by atoms with Gasteiger partial charge in [-0.3, -0.25) is 0 Å². The lowest BCUT2D eigenvalue weighted by Crippen LogP contribution is -2.35. The molecular weight excluding hydrogens is 228 g/mol. The van der Waals surface area contributed by atoms with Crippen molar-refractivity contribution in [2.45, 2.75) is 18.9 Å². The predicted molar refractivity (Wildman–Crippen MR) is 69.5 cm³/mol. The van der Waals surface area contributed by atoms with Gasteiger partial charge < -0.3 is 14.6 Å². The summed E-state index contributed by atoms with van der Waals surface area (Å²) in [5, 5.41) is 3.47. The van der Waals surface area contributed by atoms with Gasteiger partial charge in [-0.05, 0) is 18.7 Å². The second-order valence-corrected chi connectivity index (χ2v) is 4.68. The maximum Gasteiger partial charge on any atom is 0.159 e. The number of nitrogens with zero attached hydrogens (tertiary/aromatic N) is 3. The molecule has 1 N–H and O–H groups in total. The van der Waals surface area contributed by atoms with Crippen LogP contribution in [0.3, 0.4) is 0 Å². The number of nitrogens with one attached hydrogen (secondary N) is 1. The van der Waals surface area contributed by atoms with Crippen LogP contribution in [0.25, 0.3) is 11.2 Å². The van der Waals surface area contributed by atoms with Crippen molar-refractivity contribution in [1.82, 2.24) is 19.9 Å². The molecule has 2 atom stereocenters. The van der Waals surface area contributed by atoms with Gasteiger partial charge in [0.1, 0.15) is 11.3 Å². The number of aromatic nitrogens is 3. The summed E-state index contributed by atoms with van der Waals surface area (Å²) in [6.45, 7) is 4.56. The summed E-state index contributed by atoms with van der Waals surface area (Å²) in [4.78, 5) is 9.09. The van der Waals surface area contributed by atoms with Gasteiger partial charge >= 0.3 is 0 Å². The molecule has 0 saturated carbocycles. The molecule has 1 aliphatic rings. The Bertz CT molecular complexity index is 551. The number of imidazole rings is 1. The Hall–Kier alpha value is -1.46. The average Bonchev–Trinajstić information content (AvgIpc) is 2.96. The Kier molecular flexibility index (Phi) is 3.01. The Labute approximate surface area is 106 Å². The molecule has 96 valence electrons. The van der Waals surface area contributed by atoms with Crippen molar-refractivity contribution in [3.63, 3.8) is 0 Å². The second kappa shape index (κ2) is 4.66. The van der Waals surface area contributed by atoms with E-state index < -0.39 is 0 Å². The molecule has 5 heteroatoms. The fraction of sp³-hybridized carbons (Fsp3) is 0.538. The van der Waals surface area contributed by atoms with Crippen LogP contribution < -0.4 is 5.32 Å². The molecule has 0 aromatic carbocycles. The van der Waals surface area contributed by atoms with Crippen LogP contribution in [-0.2, 0) is 11.8 Å². The number of fused-ring (bicyclic) bond motifs is 1. The summed E-state index contributed by atoms with van der Waals surface area (Å²) in [6, 6.07) is 4.28. The smallest absolute Gasteiger partial charge is 0.159 e. The summed E-state index contributed by atoms with van der Waals surface area (Å²) in [7, 11) is 2.03. The molecule has 1 fully saturated rings. The van der Waals surface area contributed by atoms with Crippen molar-refractivity contribution >= 4 is 11.2 Å². The first kappa shape index (κ1) is 11.6. The van der Waals surface area contributed by atoms with E-state index in [9.17, 15) is 0 Å². The molecule has 0 spiro atoms. The molecular formula is C13H18N4O. The molecule has 0 aliphatic carbocycles. The first-order valence-electron chi connectivity index (χ1n) is 6.39. The van der Waals surface area contributed by atoms with Crippen LogP contribution in [0.4, 0.5) is 0 Å². The normalized spacial score (nSPS) is 23.9. The lowest BCUT2D eigenvalue weighted by molar-refractivity contribution is 0.187. The zero-order valence-corrected chi connectivity index (χ0v) is 10.8. The van der Waals surface area contributed by atoms with Crippen LogP contribution in [0, 0.1) is 0 Å². The third-order valence-corrected chi connectivity index (χ3v) is 3.54. The summed E-state index contributed by atoms with van der Waals surface area (Å²) in [5.41, 5.74) is 1.90. The second-order valence-electron chi connectivity index (χ2n) is 4.68. The van der Waals surface area contributed by atoms with E-state index in [4.69, 9.17) is 9.72 Å². The quantitative estimate of drug-likeness (QED) is 0.880. The third kappa shape index (κ3) is 1.79. The molecule has 2 aromatic rings. The minimum atomic E-state index is 0.309. The third-order valence-electron chi connectivity index (χ3n) is 3.54. The minimum absolute atomic E-state index is 0.309. The van der Waals surface area contributed by atoms with E-state index in [1.807, 2.05) is 19.2 Å². The Morgan fingerprint density at radius 3 is 3.17 bits per heavy atom. The zero-order chi connectivity index (χ0) is 12.5. The highest BCUT2D eigenvalue weighted by Gasteiger charge is 2.32. The highest BCUT2D eigenvalue weighted by Crippen LogP contribution is 2.26. The number of hydrogen-bond donors (Lipinski definition) is 1. The van der Waals surface area contributed by atoms with Crippen LogP contribution in [0.2, 0.25) is 0 Å². The van der Waals surface area contributed by atoms with Crippen LogP contribution >= 0.6 is 0 Å². The molecule has 0 radical (unpaired) electrons. The molecule has 2 aromatic heterocycles. The molecule has 18 heavy (non-hydrogen) atoms. The van der Waals surface area contributed by atoms with E-state index >= 15 is 0 Å². The number of pyridine rings is 1. The van der Waals surface area contributed by atoms with Crippen molar-refractivity contribution in [2.24, 2.45) is 7.05 Å². The predicted octanol–water partition coefficient (Wildman–Crippen LogP) is 1.06. The van der Waals surface area contributed by atoms with E-state index in [1.165, 1.54) is 0 Å². The molecule has 1 aliphatic heterocycles. The van der Waals surface area contributed by atoms with Crippen LogP contribution in [-0.4, -0.2) is 40.3 Å². The monoisotopic (exact) mass is 246 g/mol. The van der Waals surface area contributed by atoms with Crippen molar-refractivity contribution in [3.8, 4) is 0 Å². The maximum absolute atomic E-state index is 5.59. The molecule has 5 nitrogen and oxygen atoms in total. The van der Waals surface area contributed by atoms with E-state index in [0.29, 0.717) is 12.0 Å². The van der Waals surface area contributed by atoms with Gasteiger partial charge in [0.25, 0.3) is 0 Å². The summed E-state index contributed by atoms with van der Waals surface area (Å²) < 4.78 is 7.67. The first-order valence-corrected chi connectivity index (χ1v) is 6.39. The van der Waals surface area contributed by atoms with Crippen molar-refractivity contribution in [3.05, 3.63) is 24.2 Å². The van der Waals surface area contributed by atoms with E-state index in [-0.39, 0.29) is 0 Å². The van der Waals surface area contributed by atoms with Gasteiger partial charge in [0.2, 0.25) is 0 Å². The number of rotatable bonds is 3. The van der Waals surface area contributed by atoms with Gasteiger partial charge in [-0.1, -0.05) is 6.92 Å². The lowest BCUT2D eigenvalue weighted by Gasteiger charge is -2.17. The Morgan fingerprint density at radius 2 is 2.39 bits per heavy atom. The highest BCUT2D eigenvalue weighted by atomic mass is 16.5. The van der Waals surface area contributed by atoms with Gasteiger partial charge in [0.05, 0.1) is 19.1 Å². The molecule has 3 rings (SSSR count). The largest absolute Gasteiger partial charge is 0.379 e. The zero-order valence-electron chi connectivity index (χ0n) is 10.8. The summed E-state index contributed by atoms with van der Waals surface area (Å²) >= 11 is 0.